The van der Waals surface area contributed by atoms with Crippen LogP contribution in [0.4, 0.5) is 17.5 Å². The summed E-state index contributed by atoms with van der Waals surface area (Å²) >= 11 is 0. The second-order valence-corrected chi connectivity index (χ2v) is 6.35. The largest absolute Gasteiger partial charge is 0.394 e. The van der Waals surface area contributed by atoms with Gasteiger partial charge in [-0.05, 0) is 55.7 Å². The van der Waals surface area contributed by atoms with Crippen LogP contribution in [0.25, 0.3) is 10.9 Å². The van der Waals surface area contributed by atoms with E-state index in [2.05, 4.69) is 52.6 Å². The van der Waals surface area contributed by atoms with Gasteiger partial charge in [0.25, 0.3) is 0 Å². The van der Waals surface area contributed by atoms with Crippen LogP contribution in [0, 0.1) is 13.8 Å². The molecule has 0 aliphatic rings. The van der Waals surface area contributed by atoms with Crippen LogP contribution >= 0.6 is 0 Å². The highest BCUT2D eigenvalue weighted by Crippen LogP contribution is 2.25. The fourth-order valence-corrected chi connectivity index (χ4v) is 2.89. The fourth-order valence-electron chi connectivity index (χ4n) is 2.89. The number of fused-ring (bicyclic) bond motifs is 1. The zero-order valence-corrected chi connectivity index (χ0v) is 14.9. The van der Waals surface area contributed by atoms with Crippen molar-refractivity contribution in [2.45, 2.75) is 33.2 Å². The monoisotopic (exact) mass is 336 g/mol. The predicted octanol–water partition coefficient (Wildman–Crippen LogP) is 4.17. The SMILES string of the molecule is CCC(CO)Nc1nc(Nc2cc(C)cc(C)c2)nc2ccccc12. The van der Waals surface area contributed by atoms with Crippen LogP contribution in [0.1, 0.15) is 24.5 Å². The molecule has 0 saturated heterocycles. The highest BCUT2D eigenvalue weighted by molar-refractivity contribution is 5.90. The van der Waals surface area contributed by atoms with Crippen LogP contribution in [-0.4, -0.2) is 27.7 Å². The van der Waals surface area contributed by atoms with Crippen LogP contribution in [-0.2, 0) is 0 Å². The minimum absolute atomic E-state index is 0.0348. The van der Waals surface area contributed by atoms with Crippen molar-refractivity contribution in [2.75, 3.05) is 17.2 Å². The Morgan fingerprint density at radius 3 is 2.44 bits per heavy atom. The normalized spacial score (nSPS) is 12.2. The maximum atomic E-state index is 9.50. The number of nitrogens with zero attached hydrogens (tertiary/aromatic N) is 2. The lowest BCUT2D eigenvalue weighted by Crippen LogP contribution is -2.23. The van der Waals surface area contributed by atoms with Crippen molar-refractivity contribution in [1.82, 2.24) is 9.97 Å². The Morgan fingerprint density at radius 1 is 1.04 bits per heavy atom. The highest BCUT2D eigenvalue weighted by Gasteiger charge is 2.11. The molecule has 0 spiro atoms. The average Bonchev–Trinajstić information content (AvgIpc) is 2.58. The smallest absolute Gasteiger partial charge is 0.229 e. The molecule has 0 amide bonds. The van der Waals surface area contributed by atoms with Crippen molar-refractivity contribution in [3.63, 3.8) is 0 Å². The van der Waals surface area contributed by atoms with Crippen molar-refractivity contribution in [2.24, 2.45) is 0 Å². The molecule has 1 atom stereocenters. The lowest BCUT2D eigenvalue weighted by atomic mass is 10.1. The summed E-state index contributed by atoms with van der Waals surface area (Å²) in [7, 11) is 0. The number of aryl methyl sites for hydroxylation is 2. The Morgan fingerprint density at radius 2 is 1.76 bits per heavy atom. The molecule has 0 radical (unpaired) electrons. The summed E-state index contributed by atoms with van der Waals surface area (Å²) in [6, 6.07) is 14.1. The molecule has 0 aliphatic heterocycles. The lowest BCUT2D eigenvalue weighted by molar-refractivity contribution is 0.271. The summed E-state index contributed by atoms with van der Waals surface area (Å²) in [5.74, 6) is 1.28. The maximum Gasteiger partial charge on any atom is 0.229 e. The molecule has 0 bridgehead atoms. The van der Waals surface area contributed by atoms with Crippen LogP contribution in [0.2, 0.25) is 0 Å². The highest BCUT2D eigenvalue weighted by atomic mass is 16.3. The van der Waals surface area contributed by atoms with E-state index in [-0.39, 0.29) is 12.6 Å². The number of nitrogens with one attached hydrogen (secondary N) is 2. The molecule has 5 nitrogen and oxygen atoms in total. The summed E-state index contributed by atoms with van der Waals surface area (Å²) in [5.41, 5.74) is 4.20. The van der Waals surface area contributed by atoms with E-state index in [4.69, 9.17) is 0 Å². The van der Waals surface area contributed by atoms with Gasteiger partial charge in [-0.25, -0.2) is 4.98 Å². The van der Waals surface area contributed by atoms with Gasteiger partial charge in [-0.2, -0.15) is 4.98 Å². The molecule has 3 rings (SSSR count). The number of aliphatic hydroxyl groups is 1. The van der Waals surface area contributed by atoms with Gasteiger partial charge >= 0.3 is 0 Å². The molecule has 1 unspecified atom stereocenters. The van der Waals surface area contributed by atoms with E-state index in [1.807, 2.05) is 31.2 Å². The standard InChI is InChI=1S/C20H24N4O/c1-4-15(12-25)21-19-17-7-5-6-8-18(17)23-20(24-19)22-16-10-13(2)9-14(3)11-16/h5-11,15,25H,4,12H2,1-3H3,(H2,21,22,23,24). The quantitative estimate of drug-likeness (QED) is 0.630. The summed E-state index contributed by atoms with van der Waals surface area (Å²) < 4.78 is 0. The molecule has 1 aromatic heterocycles. The molecule has 3 N–H and O–H groups in total. The lowest BCUT2D eigenvalue weighted by Gasteiger charge is -2.17. The Kier molecular flexibility index (Phi) is 5.14. The number of anilines is 3. The third kappa shape index (κ3) is 4.06. The number of para-hydroxylation sites is 1. The van der Waals surface area contributed by atoms with Gasteiger partial charge in [-0.15, -0.1) is 0 Å². The minimum atomic E-state index is -0.0348. The van der Waals surface area contributed by atoms with E-state index in [1.54, 1.807) is 0 Å². The Balaban J connectivity index is 2.00. The molecule has 0 fully saturated rings. The molecule has 25 heavy (non-hydrogen) atoms. The van der Waals surface area contributed by atoms with Crippen molar-refractivity contribution in [3.05, 3.63) is 53.6 Å². The maximum absolute atomic E-state index is 9.50. The third-order valence-electron chi connectivity index (χ3n) is 4.14. The number of hydrogen-bond acceptors (Lipinski definition) is 5. The van der Waals surface area contributed by atoms with Crippen molar-refractivity contribution < 1.29 is 5.11 Å². The zero-order chi connectivity index (χ0) is 17.8. The van der Waals surface area contributed by atoms with Crippen LogP contribution in [0.5, 0.6) is 0 Å². The van der Waals surface area contributed by atoms with E-state index < -0.39 is 0 Å². The molecule has 0 aliphatic carbocycles. The molecule has 2 aromatic carbocycles. The van der Waals surface area contributed by atoms with Crippen LogP contribution < -0.4 is 10.6 Å². The van der Waals surface area contributed by atoms with Gasteiger partial charge in [-0.3, -0.25) is 0 Å². The van der Waals surface area contributed by atoms with E-state index in [0.29, 0.717) is 5.95 Å². The second kappa shape index (κ2) is 7.49. The first-order valence-corrected chi connectivity index (χ1v) is 8.58. The van der Waals surface area contributed by atoms with E-state index in [9.17, 15) is 5.11 Å². The van der Waals surface area contributed by atoms with E-state index >= 15 is 0 Å². The zero-order valence-electron chi connectivity index (χ0n) is 14.9. The number of hydrogen-bond donors (Lipinski definition) is 3. The first-order chi connectivity index (χ1) is 12.1. The van der Waals surface area contributed by atoms with Crippen molar-refractivity contribution >= 4 is 28.4 Å². The van der Waals surface area contributed by atoms with Gasteiger partial charge in [0.15, 0.2) is 0 Å². The number of rotatable bonds is 6. The second-order valence-electron chi connectivity index (χ2n) is 6.35. The predicted molar refractivity (Wildman–Crippen MR) is 104 cm³/mol. The van der Waals surface area contributed by atoms with Gasteiger partial charge in [0.1, 0.15) is 5.82 Å². The molecular weight excluding hydrogens is 312 g/mol. The molecule has 1 heterocycles. The molecule has 130 valence electrons. The summed E-state index contributed by atoms with van der Waals surface area (Å²) in [6.07, 6.45) is 0.814. The van der Waals surface area contributed by atoms with Gasteiger partial charge in [-0.1, -0.05) is 25.1 Å². The number of benzene rings is 2. The van der Waals surface area contributed by atoms with Crippen molar-refractivity contribution in [1.29, 1.82) is 0 Å². The minimum Gasteiger partial charge on any atom is -0.394 e. The summed E-state index contributed by atoms with van der Waals surface area (Å²) in [6.45, 7) is 6.24. The topological polar surface area (TPSA) is 70.1 Å². The Hall–Kier alpha value is -2.66. The molecule has 0 saturated carbocycles. The Bertz CT molecular complexity index is 854. The van der Waals surface area contributed by atoms with Crippen molar-refractivity contribution in [3.8, 4) is 0 Å². The first kappa shape index (κ1) is 17.2. The average molecular weight is 336 g/mol. The van der Waals surface area contributed by atoms with E-state index in [0.717, 1.165) is 28.8 Å². The van der Waals surface area contributed by atoms with Gasteiger partial charge in [0.2, 0.25) is 5.95 Å². The molecule has 3 aromatic rings. The van der Waals surface area contributed by atoms with Crippen LogP contribution in [0.15, 0.2) is 42.5 Å². The number of aliphatic hydroxyl groups excluding tert-OH is 1. The van der Waals surface area contributed by atoms with Gasteiger partial charge in [0, 0.05) is 11.1 Å². The first-order valence-electron chi connectivity index (χ1n) is 8.58. The van der Waals surface area contributed by atoms with E-state index in [1.165, 1.54) is 11.1 Å². The van der Waals surface area contributed by atoms with Gasteiger partial charge in [0.05, 0.1) is 18.2 Å². The molecular formula is C20H24N4O. The summed E-state index contributed by atoms with van der Waals surface area (Å²) in [5, 5.41) is 17.1. The summed E-state index contributed by atoms with van der Waals surface area (Å²) in [4.78, 5) is 9.27. The fraction of sp³-hybridized carbons (Fsp3) is 0.300. The third-order valence-corrected chi connectivity index (χ3v) is 4.14. The Labute approximate surface area is 148 Å². The van der Waals surface area contributed by atoms with Gasteiger partial charge < -0.3 is 15.7 Å². The number of aromatic nitrogens is 2. The van der Waals surface area contributed by atoms with Crippen LogP contribution in [0.3, 0.4) is 0 Å². The molecule has 5 heteroatoms.